The van der Waals surface area contributed by atoms with E-state index in [0.717, 1.165) is 57.4 Å². The number of hydrogen-bond donors (Lipinski definition) is 1. The smallest absolute Gasteiger partial charge is 0.222 e. The van der Waals surface area contributed by atoms with Crippen molar-refractivity contribution in [3.8, 4) is 0 Å². The molecule has 5 nitrogen and oxygen atoms in total. The Kier molecular flexibility index (Phi) is 6.43. The number of aliphatic hydroxyl groups is 1. The number of hydrogen-bond acceptors (Lipinski definition) is 4. The van der Waals surface area contributed by atoms with E-state index in [1.165, 1.54) is 0 Å². The topological polar surface area (TPSA) is 60.9 Å². The first-order valence-corrected chi connectivity index (χ1v) is 9.81. The number of likely N-dealkylation sites (tertiary alicyclic amines) is 2. The van der Waals surface area contributed by atoms with Crippen molar-refractivity contribution < 1.29 is 14.7 Å². The van der Waals surface area contributed by atoms with Crippen molar-refractivity contribution in [2.75, 3.05) is 39.3 Å². The minimum absolute atomic E-state index is 0.0349. The molecule has 1 spiro atoms. The summed E-state index contributed by atoms with van der Waals surface area (Å²) in [6, 6.07) is 9.51. The molecule has 2 aliphatic rings. The van der Waals surface area contributed by atoms with Crippen LogP contribution in [-0.2, 0) is 4.79 Å². The summed E-state index contributed by atoms with van der Waals surface area (Å²) in [6.07, 6.45) is 5.31. The molecule has 0 aromatic heterocycles. The highest BCUT2D eigenvalue weighted by Gasteiger charge is 2.41. The third kappa shape index (κ3) is 4.71. The second-order valence-corrected chi connectivity index (χ2v) is 7.81. The molecule has 1 aromatic rings. The summed E-state index contributed by atoms with van der Waals surface area (Å²) in [6.45, 7) is 4.27. The fourth-order valence-corrected chi connectivity index (χ4v) is 4.49. The number of benzene rings is 1. The van der Waals surface area contributed by atoms with Crippen LogP contribution in [0.15, 0.2) is 30.3 Å². The predicted octanol–water partition coefficient (Wildman–Crippen LogP) is 2.35. The van der Waals surface area contributed by atoms with Gasteiger partial charge in [-0.1, -0.05) is 30.3 Å². The van der Waals surface area contributed by atoms with Gasteiger partial charge in [-0.2, -0.15) is 0 Å². The Hall–Kier alpha value is -1.72. The largest absolute Gasteiger partial charge is 0.395 e. The predicted molar refractivity (Wildman–Crippen MR) is 101 cm³/mol. The van der Waals surface area contributed by atoms with Gasteiger partial charge in [0.15, 0.2) is 5.78 Å². The van der Waals surface area contributed by atoms with Crippen LogP contribution < -0.4 is 0 Å². The number of piperidine rings is 2. The van der Waals surface area contributed by atoms with Gasteiger partial charge in [0.25, 0.3) is 0 Å². The molecule has 142 valence electrons. The van der Waals surface area contributed by atoms with Gasteiger partial charge in [-0.3, -0.25) is 9.59 Å². The number of Topliss-reactive ketones (excluding diaryl/α,β-unsaturated/α-hetero) is 1. The van der Waals surface area contributed by atoms with E-state index < -0.39 is 0 Å². The average molecular weight is 358 g/mol. The summed E-state index contributed by atoms with van der Waals surface area (Å²) >= 11 is 0. The number of nitrogens with zero attached hydrogens (tertiary/aromatic N) is 2. The summed E-state index contributed by atoms with van der Waals surface area (Å²) in [7, 11) is 0. The molecule has 2 saturated heterocycles. The molecule has 5 heteroatoms. The molecule has 2 heterocycles. The molecular formula is C21H30N2O3. The molecule has 0 unspecified atom stereocenters. The number of amides is 1. The van der Waals surface area contributed by atoms with E-state index >= 15 is 0 Å². The Labute approximate surface area is 156 Å². The Balaban J connectivity index is 1.49. The van der Waals surface area contributed by atoms with Gasteiger partial charge >= 0.3 is 0 Å². The maximum absolute atomic E-state index is 12.2. The first kappa shape index (κ1) is 19.1. The van der Waals surface area contributed by atoms with Gasteiger partial charge in [0.2, 0.25) is 5.91 Å². The van der Waals surface area contributed by atoms with Crippen molar-refractivity contribution in [2.45, 2.75) is 38.5 Å². The van der Waals surface area contributed by atoms with Crippen molar-refractivity contribution >= 4 is 11.7 Å². The molecular weight excluding hydrogens is 328 g/mol. The summed E-state index contributed by atoms with van der Waals surface area (Å²) in [4.78, 5) is 28.6. The molecule has 26 heavy (non-hydrogen) atoms. The van der Waals surface area contributed by atoms with Crippen LogP contribution in [0.5, 0.6) is 0 Å². The zero-order valence-corrected chi connectivity index (χ0v) is 15.5. The lowest BCUT2D eigenvalue weighted by molar-refractivity contribution is -0.140. The van der Waals surface area contributed by atoms with Gasteiger partial charge in [-0.25, -0.2) is 0 Å². The quantitative estimate of drug-likeness (QED) is 0.760. The van der Waals surface area contributed by atoms with E-state index in [-0.39, 0.29) is 23.7 Å². The van der Waals surface area contributed by atoms with Gasteiger partial charge < -0.3 is 14.9 Å². The van der Waals surface area contributed by atoms with E-state index in [9.17, 15) is 14.7 Å². The monoisotopic (exact) mass is 358 g/mol. The molecule has 0 bridgehead atoms. The lowest BCUT2D eigenvalue weighted by Gasteiger charge is -2.48. The van der Waals surface area contributed by atoms with Crippen molar-refractivity contribution in [1.82, 2.24) is 9.80 Å². The third-order valence-electron chi connectivity index (χ3n) is 5.83. The Bertz CT molecular complexity index is 619. The van der Waals surface area contributed by atoms with Crippen LogP contribution >= 0.6 is 0 Å². The standard InChI is InChI=1S/C21H30N2O3/c24-15-14-23-17-21(11-9-20(23)26)10-5-13-22(16-21)12-4-8-19(25)18-6-2-1-3-7-18/h1-3,6-7,24H,4-5,8-17H2/t21-/m0/s1. The van der Waals surface area contributed by atoms with Crippen molar-refractivity contribution in [1.29, 1.82) is 0 Å². The van der Waals surface area contributed by atoms with Gasteiger partial charge in [0.1, 0.15) is 0 Å². The Morgan fingerprint density at radius 3 is 2.69 bits per heavy atom. The fraction of sp³-hybridized carbons (Fsp3) is 0.619. The summed E-state index contributed by atoms with van der Waals surface area (Å²) in [5.74, 6) is 0.393. The highest BCUT2D eigenvalue weighted by molar-refractivity contribution is 5.95. The second-order valence-electron chi connectivity index (χ2n) is 7.81. The lowest BCUT2D eigenvalue weighted by Crippen LogP contribution is -2.54. The molecule has 1 N–H and O–H groups in total. The summed E-state index contributed by atoms with van der Waals surface area (Å²) < 4.78 is 0. The molecule has 0 aliphatic carbocycles. The highest BCUT2D eigenvalue weighted by Crippen LogP contribution is 2.38. The number of β-amino-alcohol motifs (C(OH)–C–C–N with tert-alkyl or cyclic N) is 1. The molecule has 1 aromatic carbocycles. The first-order valence-electron chi connectivity index (χ1n) is 9.81. The van der Waals surface area contributed by atoms with Gasteiger partial charge in [-0.05, 0) is 38.8 Å². The average Bonchev–Trinajstić information content (AvgIpc) is 2.66. The van der Waals surface area contributed by atoms with Gasteiger partial charge in [0, 0.05) is 43.5 Å². The molecule has 0 saturated carbocycles. The zero-order valence-electron chi connectivity index (χ0n) is 15.5. The molecule has 1 amide bonds. The Morgan fingerprint density at radius 1 is 1.12 bits per heavy atom. The number of carbonyl (C=O) groups is 2. The lowest BCUT2D eigenvalue weighted by atomic mass is 9.73. The van der Waals surface area contributed by atoms with Gasteiger partial charge in [-0.15, -0.1) is 0 Å². The fourth-order valence-electron chi connectivity index (χ4n) is 4.49. The second kappa shape index (κ2) is 8.78. The van der Waals surface area contributed by atoms with E-state index in [1.54, 1.807) is 0 Å². The Morgan fingerprint density at radius 2 is 1.92 bits per heavy atom. The molecule has 3 rings (SSSR count). The van der Waals surface area contributed by atoms with Crippen LogP contribution in [0.3, 0.4) is 0 Å². The zero-order chi connectivity index (χ0) is 18.4. The highest BCUT2D eigenvalue weighted by atomic mass is 16.3. The van der Waals surface area contributed by atoms with Crippen LogP contribution in [0.2, 0.25) is 0 Å². The number of ketones is 1. The van der Waals surface area contributed by atoms with E-state index in [4.69, 9.17) is 0 Å². The number of aliphatic hydroxyl groups excluding tert-OH is 1. The molecule has 2 aliphatic heterocycles. The number of carbonyl (C=O) groups excluding carboxylic acids is 2. The molecule has 1 atom stereocenters. The molecule has 0 radical (unpaired) electrons. The first-order chi connectivity index (χ1) is 12.6. The van der Waals surface area contributed by atoms with E-state index in [2.05, 4.69) is 4.90 Å². The van der Waals surface area contributed by atoms with Gasteiger partial charge in [0.05, 0.1) is 6.61 Å². The minimum Gasteiger partial charge on any atom is -0.395 e. The summed E-state index contributed by atoms with van der Waals surface area (Å²) in [5, 5.41) is 9.20. The van der Waals surface area contributed by atoms with Crippen LogP contribution in [0.25, 0.3) is 0 Å². The normalized spacial score (nSPS) is 24.2. The molecule has 2 fully saturated rings. The maximum Gasteiger partial charge on any atom is 0.222 e. The van der Waals surface area contributed by atoms with Crippen molar-refractivity contribution in [3.63, 3.8) is 0 Å². The minimum atomic E-state index is 0.0349. The third-order valence-corrected chi connectivity index (χ3v) is 5.83. The SMILES string of the molecule is O=C(CCCN1CCC[C@]2(CCC(=O)N(CCO)C2)C1)c1ccccc1. The van der Waals surface area contributed by atoms with Crippen LogP contribution in [0, 0.1) is 5.41 Å². The van der Waals surface area contributed by atoms with Crippen molar-refractivity contribution in [3.05, 3.63) is 35.9 Å². The maximum atomic E-state index is 12.2. The van der Waals surface area contributed by atoms with Crippen LogP contribution in [0.1, 0.15) is 48.9 Å². The van der Waals surface area contributed by atoms with Crippen molar-refractivity contribution in [2.24, 2.45) is 5.41 Å². The summed E-state index contributed by atoms with van der Waals surface area (Å²) in [5.41, 5.74) is 0.971. The van der Waals surface area contributed by atoms with E-state index in [1.807, 2.05) is 35.2 Å². The van der Waals surface area contributed by atoms with E-state index in [0.29, 0.717) is 19.4 Å². The number of rotatable bonds is 7. The van der Waals surface area contributed by atoms with Crippen LogP contribution in [-0.4, -0.2) is 65.9 Å². The van der Waals surface area contributed by atoms with Crippen LogP contribution in [0.4, 0.5) is 0 Å².